The third kappa shape index (κ3) is 5.71. The standard InChI is InChI=1S/C20H27N3O2/c21-20(25)17-10-13-23(14-11-17)12-9-16-3-6-18(7-4-16)22-19(24)8-5-15-1-2-15/h3-8,15,17H,1-2,9-14H2,(H2,21,25)(H,22,24)/b8-5+. The smallest absolute Gasteiger partial charge is 0.248 e. The summed E-state index contributed by atoms with van der Waals surface area (Å²) in [5.41, 5.74) is 7.45. The maximum absolute atomic E-state index is 11.8. The van der Waals surface area contributed by atoms with Crippen molar-refractivity contribution in [3.8, 4) is 0 Å². The van der Waals surface area contributed by atoms with Crippen molar-refractivity contribution >= 4 is 17.5 Å². The summed E-state index contributed by atoms with van der Waals surface area (Å²) in [6.45, 7) is 2.87. The number of primary amides is 1. The van der Waals surface area contributed by atoms with Gasteiger partial charge in [0.05, 0.1) is 0 Å². The van der Waals surface area contributed by atoms with Gasteiger partial charge in [-0.05, 0) is 74.9 Å². The summed E-state index contributed by atoms with van der Waals surface area (Å²) < 4.78 is 0. The lowest BCUT2D eigenvalue weighted by Gasteiger charge is -2.30. The first-order valence-electron chi connectivity index (χ1n) is 9.20. The number of carbonyl (C=O) groups is 2. The van der Waals surface area contributed by atoms with E-state index in [1.165, 1.54) is 18.4 Å². The van der Waals surface area contributed by atoms with Crippen LogP contribution in [0.25, 0.3) is 0 Å². The van der Waals surface area contributed by atoms with Gasteiger partial charge in [-0.1, -0.05) is 18.2 Å². The van der Waals surface area contributed by atoms with Crippen molar-refractivity contribution in [3.63, 3.8) is 0 Å². The summed E-state index contributed by atoms with van der Waals surface area (Å²) in [5, 5.41) is 2.89. The molecular weight excluding hydrogens is 314 g/mol. The minimum Gasteiger partial charge on any atom is -0.369 e. The number of carbonyl (C=O) groups excluding carboxylic acids is 2. The molecular formula is C20H27N3O2. The summed E-state index contributed by atoms with van der Waals surface area (Å²) in [4.78, 5) is 25.4. The molecule has 3 rings (SSSR count). The van der Waals surface area contributed by atoms with E-state index < -0.39 is 0 Å². The second-order valence-electron chi connectivity index (χ2n) is 7.15. The molecule has 0 atom stereocenters. The summed E-state index contributed by atoms with van der Waals surface area (Å²) in [5.74, 6) is 0.440. The fourth-order valence-electron chi connectivity index (χ4n) is 3.18. The molecule has 3 N–H and O–H groups in total. The number of anilines is 1. The molecule has 25 heavy (non-hydrogen) atoms. The highest BCUT2D eigenvalue weighted by Crippen LogP contribution is 2.29. The lowest BCUT2D eigenvalue weighted by molar-refractivity contribution is -0.123. The Morgan fingerprint density at radius 3 is 2.40 bits per heavy atom. The van der Waals surface area contributed by atoms with Gasteiger partial charge in [-0.25, -0.2) is 0 Å². The highest BCUT2D eigenvalue weighted by atomic mass is 16.1. The number of hydrogen-bond acceptors (Lipinski definition) is 3. The zero-order valence-corrected chi connectivity index (χ0v) is 14.6. The molecule has 134 valence electrons. The number of nitrogens with zero attached hydrogens (tertiary/aromatic N) is 1. The minimum absolute atomic E-state index is 0.0492. The zero-order valence-electron chi connectivity index (χ0n) is 14.6. The van der Waals surface area contributed by atoms with Gasteiger partial charge in [-0.15, -0.1) is 0 Å². The van der Waals surface area contributed by atoms with Crippen LogP contribution in [-0.4, -0.2) is 36.3 Å². The molecule has 1 aromatic carbocycles. The molecule has 1 aliphatic heterocycles. The SMILES string of the molecule is NC(=O)C1CCN(CCc2ccc(NC(=O)/C=C/C3CC3)cc2)CC1. The van der Waals surface area contributed by atoms with E-state index in [-0.39, 0.29) is 17.7 Å². The number of nitrogens with two attached hydrogens (primary N) is 1. The number of nitrogens with one attached hydrogen (secondary N) is 1. The Hall–Kier alpha value is -2.14. The van der Waals surface area contributed by atoms with Crippen molar-refractivity contribution in [2.45, 2.75) is 32.1 Å². The topological polar surface area (TPSA) is 75.4 Å². The molecule has 1 aliphatic carbocycles. The number of benzene rings is 1. The molecule has 0 unspecified atom stereocenters. The van der Waals surface area contributed by atoms with E-state index in [0.29, 0.717) is 5.92 Å². The second kappa shape index (κ2) is 8.30. The van der Waals surface area contributed by atoms with Gasteiger partial charge in [0.15, 0.2) is 0 Å². The predicted octanol–water partition coefficient (Wildman–Crippen LogP) is 2.33. The van der Waals surface area contributed by atoms with Crippen molar-refractivity contribution in [2.75, 3.05) is 25.0 Å². The van der Waals surface area contributed by atoms with Gasteiger partial charge in [0, 0.05) is 18.2 Å². The van der Waals surface area contributed by atoms with Crippen LogP contribution in [0.1, 0.15) is 31.2 Å². The number of likely N-dealkylation sites (tertiary alicyclic amines) is 1. The molecule has 0 bridgehead atoms. The zero-order chi connectivity index (χ0) is 17.6. The first-order chi connectivity index (χ1) is 12.1. The van der Waals surface area contributed by atoms with Crippen LogP contribution >= 0.6 is 0 Å². The Kier molecular flexibility index (Phi) is 5.87. The highest BCUT2D eigenvalue weighted by molar-refractivity contribution is 5.99. The molecule has 2 fully saturated rings. The van der Waals surface area contributed by atoms with E-state index in [9.17, 15) is 9.59 Å². The molecule has 1 saturated heterocycles. The maximum Gasteiger partial charge on any atom is 0.248 e. The predicted molar refractivity (Wildman–Crippen MR) is 99.0 cm³/mol. The van der Waals surface area contributed by atoms with Gasteiger partial charge in [-0.2, -0.15) is 0 Å². The fraction of sp³-hybridized carbons (Fsp3) is 0.500. The molecule has 1 heterocycles. The quantitative estimate of drug-likeness (QED) is 0.748. The minimum atomic E-state index is -0.163. The van der Waals surface area contributed by atoms with E-state index in [2.05, 4.69) is 22.3 Å². The Bertz CT molecular complexity index is 627. The number of piperidine rings is 1. The lowest BCUT2D eigenvalue weighted by atomic mass is 9.96. The molecule has 2 aliphatic rings. The average molecular weight is 341 g/mol. The summed E-state index contributed by atoms with van der Waals surface area (Å²) in [6, 6.07) is 8.04. The van der Waals surface area contributed by atoms with Crippen molar-refractivity contribution in [1.29, 1.82) is 0 Å². The summed E-state index contributed by atoms with van der Waals surface area (Å²) >= 11 is 0. The monoisotopic (exact) mass is 341 g/mol. The molecule has 5 nitrogen and oxygen atoms in total. The number of rotatable bonds is 7. The van der Waals surface area contributed by atoms with Gasteiger partial charge >= 0.3 is 0 Å². The average Bonchev–Trinajstić information content (AvgIpc) is 3.44. The Morgan fingerprint density at radius 2 is 1.80 bits per heavy atom. The van der Waals surface area contributed by atoms with Gasteiger partial charge in [0.25, 0.3) is 0 Å². The van der Waals surface area contributed by atoms with Gasteiger partial charge in [0.2, 0.25) is 11.8 Å². The lowest BCUT2D eigenvalue weighted by Crippen LogP contribution is -2.39. The van der Waals surface area contributed by atoms with Crippen LogP contribution in [0.5, 0.6) is 0 Å². The largest absolute Gasteiger partial charge is 0.369 e. The summed E-state index contributed by atoms with van der Waals surface area (Å²) in [6.07, 6.45) is 8.75. The number of amides is 2. The van der Waals surface area contributed by atoms with Crippen LogP contribution in [-0.2, 0) is 16.0 Å². The Balaban J connectivity index is 1.40. The van der Waals surface area contributed by atoms with E-state index >= 15 is 0 Å². The van der Waals surface area contributed by atoms with Crippen LogP contribution in [0, 0.1) is 11.8 Å². The summed E-state index contributed by atoms with van der Waals surface area (Å²) in [7, 11) is 0. The molecule has 0 radical (unpaired) electrons. The van der Waals surface area contributed by atoms with E-state index in [4.69, 9.17) is 5.73 Å². The molecule has 2 amide bonds. The van der Waals surface area contributed by atoms with E-state index in [1.54, 1.807) is 6.08 Å². The Labute approximate surface area is 149 Å². The molecule has 1 saturated carbocycles. The number of hydrogen-bond donors (Lipinski definition) is 2. The van der Waals surface area contributed by atoms with Crippen molar-refractivity contribution in [3.05, 3.63) is 42.0 Å². The van der Waals surface area contributed by atoms with Crippen LogP contribution in [0.15, 0.2) is 36.4 Å². The van der Waals surface area contributed by atoms with Crippen molar-refractivity contribution < 1.29 is 9.59 Å². The van der Waals surface area contributed by atoms with Crippen molar-refractivity contribution in [2.24, 2.45) is 17.6 Å². The van der Waals surface area contributed by atoms with Crippen LogP contribution < -0.4 is 11.1 Å². The highest BCUT2D eigenvalue weighted by Gasteiger charge is 2.22. The Morgan fingerprint density at radius 1 is 1.12 bits per heavy atom. The van der Waals surface area contributed by atoms with Crippen molar-refractivity contribution in [1.82, 2.24) is 4.90 Å². The molecule has 0 aromatic heterocycles. The second-order valence-corrected chi connectivity index (χ2v) is 7.15. The first-order valence-corrected chi connectivity index (χ1v) is 9.20. The van der Waals surface area contributed by atoms with Gasteiger partial charge in [-0.3, -0.25) is 9.59 Å². The maximum atomic E-state index is 11.8. The van der Waals surface area contributed by atoms with E-state index in [0.717, 1.165) is 44.6 Å². The fourth-order valence-corrected chi connectivity index (χ4v) is 3.18. The normalized spacial score (nSPS) is 19.2. The van der Waals surface area contributed by atoms with Crippen LogP contribution in [0.4, 0.5) is 5.69 Å². The van der Waals surface area contributed by atoms with Gasteiger partial charge in [0.1, 0.15) is 0 Å². The number of allylic oxidation sites excluding steroid dienone is 1. The molecule has 1 aromatic rings. The third-order valence-electron chi connectivity index (χ3n) is 5.07. The van der Waals surface area contributed by atoms with Gasteiger partial charge < -0.3 is 16.0 Å². The molecule has 5 heteroatoms. The van der Waals surface area contributed by atoms with Crippen LogP contribution in [0.2, 0.25) is 0 Å². The van der Waals surface area contributed by atoms with Crippen LogP contribution in [0.3, 0.4) is 0 Å². The third-order valence-corrected chi connectivity index (χ3v) is 5.07. The van der Waals surface area contributed by atoms with E-state index in [1.807, 2.05) is 18.2 Å². The molecule has 0 spiro atoms. The first kappa shape index (κ1) is 17.7.